The lowest BCUT2D eigenvalue weighted by atomic mass is 9.79. The topological polar surface area (TPSA) is 46.4 Å². The number of fused-ring (bicyclic) bond motifs is 1. The third-order valence-corrected chi connectivity index (χ3v) is 5.46. The van der Waals surface area contributed by atoms with E-state index < -0.39 is 11.7 Å². The van der Waals surface area contributed by atoms with Crippen LogP contribution in [0.4, 0.5) is 13.2 Å². The lowest BCUT2D eigenvalue weighted by Crippen LogP contribution is -2.32. The first-order valence-corrected chi connectivity index (χ1v) is 9.69. The molecule has 1 amide bonds. The molecule has 0 unspecified atom stereocenters. The lowest BCUT2D eigenvalue weighted by Gasteiger charge is -2.27. The van der Waals surface area contributed by atoms with E-state index in [4.69, 9.17) is 0 Å². The summed E-state index contributed by atoms with van der Waals surface area (Å²) in [6, 6.07) is 2.35. The van der Waals surface area contributed by atoms with Crippen molar-refractivity contribution < 1.29 is 18.0 Å². The maximum atomic E-state index is 12.8. The summed E-state index contributed by atoms with van der Waals surface area (Å²) >= 11 is 0. The Labute approximate surface area is 157 Å². The van der Waals surface area contributed by atoms with Crippen LogP contribution in [0.15, 0.2) is 24.5 Å². The van der Waals surface area contributed by atoms with Crippen LogP contribution in [0.2, 0.25) is 0 Å². The molecule has 0 atom stereocenters. The molecule has 4 nitrogen and oxygen atoms in total. The average Bonchev–Trinajstić information content (AvgIpc) is 3.06. The van der Waals surface area contributed by atoms with Crippen molar-refractivity contribution >= 4 is 11.6 Å². The Hall–Kier alpha value is -2.05. The monoisotopic (exact) mass is 381 g/mol. The van der Waals surface area contributed by atoms with E-state index in [0.29, 0.717) is 11.3 Å². The number of aromatic nitrogens is 2. The molecule has 1 saturated carbocycles. The molecule has 1 aliphatic rings. The van der Waals surface area contributed by atoms with Crippen LogP contribution < -0.4 is 5.32 Å². The van der Waals surface area contributed by atoms with Gasteiger partial charge in [-0.05, 0) is 43.7 Å². The first-order chi connectivity index (χ1) is 12.9. The van der Waals surface area contributed by atoms with E-state index in [1.54, 1.807) is 0 Å². The Bertz CT molecular complexity index is 776. The number of hydrogen-bond acceptors (Lipinski definition) is 2. The van der Waals surface area contributed by atoms with Crippen LogP contribution in [-0.2, 0) is 17.5 Å². The molecule has 0 bridgehead atoms. The molecule has 3 rings (SSSR count). The largest absolute Gasteiger partial charge is 0.417 e. The molecule has 7 heteroatoms. The first kappa shape index (κ1) is 19.7. The Balaban J connectivity index is 1.53. The fraction of sp³-hybridized carbons (Fsp3) is 0.600. The van der Waals surface area contributed by atoms with Crippen molar-refractivity contribution in [1.29, 1.82) is 0 Å². The summed E-state index contributed by atoms with van der Waals surface area (Å²) in [6.07, 6.45) is 5.93. The highest BCUT2D eigenvalue weighted by Gasteiger charge is 2.31. The maximum Gasteiger partial charge on any atom is 0.417 e. The third-order valence-electron chi connectivity index (χ3n) is 5.46. The number of nitrogens with zero attached hydrogens (tertiary/aromatic N) is 2. The van der Waals surface area contributed by atoms with Gasteiger partial charge in [0.2, 0.25) is 5.91 Å². The van der Waals surface area contributed by atoms with E-state index in [0.717, 1.165) is 43.9 Å². The number of unbranched alkanes of at least 4 members (excludes halogenated alkanes) is 1. The molecule has 0 radical (unpaired) electrons. The van der Waals surface area contributed by atoms with Gasteiger partial charge in [0.05, 0.1) is 17.8 Å². The van der Waals surface area contributed by atoms with Crippen molar-refractivity contribution in [2.24, 2.45) is 11.8 Å². The zero-order chi connectivity index (χ0) is 19.4. The second-order valence-electron chi connectivity index (χ2n) is 7.49. The fourth-order valence-corrected chi connectivity index (χ4v) is 3.83. The van der Waals surface area contributed by atoms with Crippen molar-refractivity contribution in [1.82, 2.24) is 14.7 Å². The van der Waals surface area contributed by atoms with E-state index >= 15 is 0 Å². The van der Waals surface area contributed by atoms with Gasteiger partial charge in [-0.2, -0.15) is 13.2 Å². The van der Waals surface area contributed by atoms with Crippen LogP contribution >= 0.6 is 0 Å². The predicted octanol–water partition coefficient (Wildman–Crippen LogP) is 4.97. The van der Waals surface area contributed by atoms with Crippen molar-refractivity contribution in [3.63, 3.8) is 0 Å². The van der Waals surface area contributed by atoms with Gasteiger partial charge in [0, 0.05) is 18.3 Å². The number of imidazole rings is 1. The summed E-state index contributed by atoms with van der Waals surface area (Å²) in [5.41, 5.74) is 0.269. The smallest absolute Gasteiger partial charge is 0.350 e. The molecular weight excluding hydrogens is 355 g/mol. The minimum Gasteiger partial charge on any atom is -0.350 e. The number of amides is 1. The molecule has 1 aliphatic carbocycles. The van der Waals surface area contributed by atoms with E-state index in [9.17, 15) is 18.0 Å². The highest BCUT2D eigenvalue weighted by Crippen LogP contribution is 2.32. The number of hydrogen-bond donors (Lipinski definition) is 1. The van der Waals surface area contributed by atoms with Gasteiger partial charge in [0.25, 0.3) is 0 Å². The second kappa shape index (κ2) is 8.31. The number of pyridine rings is 1. The van der Waals surface area contributed by atoms with E-state index in [-0.39, 0.29) is 18.4 Å². The number of carbonyl (C=O) groups excluding carboxylic acids is 1. The van der Waals surface area contributed by atoms with Gasteiger partial charge in [-0.3, -0.25) is 4.79 Å². The molecule has 0 spiro atoms. The van der Waals surface area contributed by atoms with Crippen molar-refractivity contribution in [3.8, 4) is 0 Å². The molecule has 2 aromatic heterocycles. The van der Waals surface area contributed by atoms with Crippen LogP contribution in [-0.4, -0.2) is 15.3 Å². The number of nitrogens with one attached hydrogen (secondary N) is 1. The van der Waals surface area contributed by atoms with E-state index in [1.165, 1.54) is 35.9 Å². The van der Waals surface area contributed by atoms with Crippen molar-refractivity contribution in [2.45, 2.75) is 64.6 Å². The Morgan fingerprint density at radius 2 is 1.96 bits per heavy atom. The fourth-order valence-electron chi connectivity index (χ4n) is 3.83. The van der Waals surface area contributed by atoms with Crippen LogP contribution in [0.25, 0.3) is 5.65 Å². The van der Waals surface area contributed by atoms with Gasteiger partial charge >= 0.3 is 6.18 Å². The van der Waals surface area contributed by atoms with Crippen LogP contribution in [0, 0.1) is 11.8 Å². The minimum absolute atomic E-state index is 0.0250. The molecular formula is C20H26F3N3O. The standard InChI is InChI=1S/C20H26F3N3O/c1-2-3-4-14-5-7-15(8-6-14)19(27)24-11-17-13-26-12-16(20(21,22)23)9-10-18(26)25-17/h9-10,12-15H,2-8,11H2,1H3,(H,24,27). The molecule has 1 fully saturated rings. The highest BCUT2D eigenvalue weighted by molar-refractivity contribution is 5.78. The summed E-state index contributed by atoms with van der Waals surface area (Å²) in [5.74, 6) is 0.809. The Kier molecular flexibility index (Phi) is 6.07. The summed E-state index contributed by atoms with van der Waals surface area (Å²) in [5, 5.41) is 2.90. The molecule has 0 aromatic carbocycles. The zero-order valence-corrected chi connectivity index (χ0v) is 15.6. The number of rotatable bonds is 6. The SMILES string of the molecule is CCCCC1CCC(C(=O)NCc2cn3cc(C(F)(F)F)ccc3n2)CC1. The minimum atomic E-state index is -4.39. The summed E-state index contributed by atoms with van der Waals surface area (Å²) in [7, 11) is 0. The zero-order valence-electron chi connectivity index (χ0n) is 15.6. The normalized spacial score (nSPS) is 20.7. The molecule has 1 N–H and O–H groups in total. The second-order valence-corrected chi connectivity index (χ2v) is 7.49. The predicted molar refractivity (Wildman–Crippen MR) is 97.0 cm³/mol. The molecule has 0 aliphatic heterocycles. The Morgan fingerprint density at radius 3 is 2.63 bits per heavy atom. The summed E-state index contributed by atoms with van der Waals surface area (Å²) in [4.78, 5) is 16.7. The van der Waals surface area contributed by atoms with E-state index in [1.807, 2.05) is 0 Å². The summed E-state index contributed by atoms with van der Waals surface area (Å²) in [6.45, 7) is 2.43. The summed E-state index contributed by atoms with van der Waals surface area (Å²) < 4.78 is 39.7. The van der Waals surface area contributed by atoms with Crippen molar-refractivity contribution in [3.05, 3.63) is 35.8 Å². The highest BCUT2D eigenvalue weighted by atomic mass is 19.4. The molecule has 148 valence electrons. The Morgan fingerprint density at radius 1 is 1.22 bits per heavy atom. The number of alkyl halides is 3. The van der Waals surface area contributed by atoms with Crippen molar-refractivity contribution in [2.75, 3.05) is 0 Å². The van der Waals surface area contributed by atoms with Gasteiger partial charge in [-0.25, -0.2) is 4.98 Å². The van der Waals surface area contributed by atoms with Crippen LogP contribution in [0.5, 0.6) is 0 Å². The van der Waals surface area contributed by atoms with Gasteiger partial charge in [-0.15, -0.1) is 0 Å². The van der Waals surface area contributed by atoms with Gasteiger partial charge in [-0.1, -0.05) is 26.2 Å². The lowest BCUT2D eigenvalue weighted by molar-refractivity contribution is -0.137. The average molecular weight is 381 g/mol. The quantitative estimate of drug-likeness (QED) is 0.768. The van der Waals surface area contributed by atoms with E-state index in [2.05, 4.69) is 17.2 Å². The molecule has 0 saturated heterocycles. The third kappa shape index (κ3) is 5.02. The number of halogens is 3. The number of carbonyl (C=O) groups is 1. The molecule has 2 heterocycles. The van der Waals surface area contributed by atoms with Gasteiger partial charge in [0.15, 0.2) is 0 Å². The first-order valence-electron chi connectivity index (χ1n) is 9.69. The molecule has 27 heavy (non-hydrogen) atoms. The molecule has 2 aromatic rings. The van der Waals surface area contributed by atoms with Crippen LogP contribution in [0.3, 0.4) is 0 Å². The van der Waals surface area contributed by atoms with Gasteiger partial charge in [0.1, 0.15) is 5.65 Å². The van der Waals surface area contributed by atoms with Crippen LogP contribution in [0.1, 0.15) is 63.1 Å². The maximum absolute atomic E-state index is 12.8. The van der Waals surface area contributed by atoms with Gasteiger partial charge < -0.3 is 9.72 Å².